The molecule has 1 aromatic heterocycles. The average molecular weight is 595 g/mol. The summed E-state index contributed by atoms with van der Waals surface area (Å²) in [5.41, 5.74) is 7.06. The summed E-state index contributed by atoms with van der Waals surface area (Å²) < 4.78 is 22.7. The number of ether oxygens (including phenoxy) is 1. The number of thiazole rings is 1. The summed E-state index contributed by atoms with van der Waals surface area (Å²) >= 11 is 1.38. The molecule has 8 rings (SSSR count). The molecule has 0 N–H and O–H groups in total. The number of fused-ring (bicyclic) bond motifs is 4. The first-order valence-corrected chi connectivity index (χ1v) is 15.5. The minimum Gasteiger partial charge on any atom is -0.488 e. The van der Waals surface area contributed by atoms with Gasteiger partial charge in [0.15, 0.2) is 4.80 Å². The van der Waals surface area contributed by atoms with E-state index in [1.54, 1.807) is 16.7 Å². The van der Waals surface area contributed by atoms with E-state index in [-0.39, 0.29) is 17.4 Å². The van der Waals surface area contributed by atoms with Crippen molar-refractivity contribution in [2.24, 2.45) is 4.99 Å². The van der Waals surface area contributed by atoms with Gasteiger partial charge in [-0.1, -0.05) is 108 Å². The fourth-order valence-electron chi connectivity index (χ4n) is 6.41. The molecule has 2 aliphatic rings. The Labute approximate surface area is 257 Å². The van der Waals surface area contributed by atoms with Crippen LogP contribution in [-0.2, 0) is 13.0 Å². The van der Waals surface area contributed by atoms with Crippen molar-refractivity contribution in [3.8, 4) is 5.75 Å². The molecule has 0 spiro atoms. The minimum absolute atomic E-state index is 0.114. The topological polar surface area (TPSA) is 43.6 Å². The summed E-state index contributed by atoms with van der Waals surface area (Å²) in [5.74, 6) is 0.402. The quantitative estimate of drug-likeness (QED) is 0.212. The van der Waals surface area contributed by atoms with E-state index in [0.29, 0.717) is 21.7 Å². The Morgan fingerprint density at radius 2 is 1.64 bits per heavy atom. The first kappa shape index (κ1) is 26.5. The molecule has 2 heterocycles. The Balaban J connectivity index is 1.23. The van der Waals surface area contributed by atoms with Crippen LogP contribution in [0.1, 0.15) is 40.3 Å². The number of halogens is 1. The van der Waals surface area contributed by atoms with Gasteiger partial charge < -0.3 is 4.74 Å². The van der Waals surface area contributed by atoms with Crippen LogP contribution in [0.4, 0.5) is 4.39 Å². The van der Waals surface area contributed by atoms with Gasteiger partial charge in [0, 0.05) is 11.1 Å². The van der Waals surface area contributed by atoms with Crippen LogP contribution >= 0.6 is 11.3 Å². The standard InChI is InChI=1S/C38H27FN2O2S/c39-29-19-16-26(17-20-29)36-32-21-18-25-9-2-5-14-31(25)35(32)40-38-41(36)37(42)34(44-38)22-27-10-3-6-15-33(27)43-23-28-12-7-11-24-8-1-4-13-30(24)28/h1-17,19-20,22,36H,18,21,23H2/b34-22-. The lowest BCUT2D eigenvalue weighted by Gasteiger charge is -2.30. The van der Waals surface area contributed by atoms with Crippen molar-refractivity contribution in [3.63, 3.8) is 0 Å². The average Bonchev–Trinajstić information content (AvgIpc) is 3.37. The SMILES string of the molecule is O=c1/c(=C/c2ccccc2OCc2cccc3ccccc23)sc2n1C(c1ccc(F)cc1)C1=C(N=2)c2ccccc2CC1. The second-order valence-corrected chi connectivity index (χ2v) is 12.1. The van der Waals surface area contributed by atoms with Crippen LogP contribution < -0.4 is 19.6 Å². The highest BCUT2D eigenvalue weighted by atomic mass is 32.1. The molecule has 1 aliphatic heterocycles. The summed E-state index contributed by atoms with van der Waals surface area (Å²) in [5, 5.41) is 2.33. The maximum atomic E-state index is 14.2. The summed E-state index contributed by atoms with van der Waals surface area (Å²) in [6, 6.07) is 36.8. The Bertz CT molecular complexity index is 2280. The Hall–Kier alpha value is -5.07. The van der Waals surface area contributed by atoms with Crippen LogP contribution in [0.2, 0.25) is 0 Å². The highest BCUT2D eigenvalue weighted by molar-refractivity contribution is 7.07. The number of hydrogen-bond donors (Lipinski definition) is 0. The monoisotopic (exact) mass is 594 g/mol. The van der Waals surface area contributed by atoms with Crippen LogP contribution in [0.5, 0.6) is 5.75 Å². The maximum absolute atomic E-state index is 14.2. The van der Waals surface area contributed by atoms with E-state index >= 15 is 0 Å². The molecule has 1 aliphatic carbocycles. The lowest BCUT2D eigenvalue weighted by Crippen LogP contribution is -2.38. The molecule has 0 bridgehead atoms. The third kappa shape index (κ3) is 4.59. The third-order valence-electron chi connectivity index (χ3n) is 8.53. The van der Waals surface area contributed by atoms with Crippen molar-refractivity contribution in [2.75, 3.05) is 0 Å². The van der Waals surface area contributed by atoms with Gasteiger partial charge in [-0.25, -0.2) is 9.38 Å². The Morgan fingerprint density at radius 3 is 2.55 bits per heavy atom. The van der Waals surface area contributed by atoms with Gasteiger partial charge in [0.05, 0.1) is 16.3 Å². The summed E-state index contributed by atoms with van der Waals surface area (Å²) in [6.07, 6.45) is 3.56. The highest BCUT2D eigenvalue weighted by Crippen LogP contribution is 2.41. The molecule has 1 unspecified atom stereocenters. The minimum atomic E-state index is -0.352. The zero-order valence-electron chi connectivity index (χ0n) is 23.7. The predicted molar refractivity (Wildman–Crippen MR) is 174 cm³/mol. The molecule has 214 valence electrons. The van der Waals surface area contributed by atoms with Crippen LogP contribution in [0.3, 0.4) is 0 Å². The van der Waals surface area contributed by atoms with E-state index < -0.39 is 0 Å². The van der Waals surface area contributed by atoms with Crippen LogP contribution in [0.15, 0.2) is 131 Å². The summed E-state index contributed by atoms with van der Waals surface area (Å²) in [4.78, 5) is 19.9. The van der Waals surface area contributed by atoms with E-state index in [1.165, 1.54) is 34.4 Å². The number of para-hydroxylation sites is 1. The Kier molecular flexibility index (Phi) is 6.57. The van der Waals surface area contributed by atoms with Crippen molar-refractivity contribution in [1.82, 2.24) is 4.57 Å². The number of benzene rings is 5. The van der Waals surface area contributed by atoms with Gasteiger partial charge in [0.25, 0.3) is 5.56 Å². The summed E-state index contributed by atoms with van der Waals surface area (Å²) in [7, 11) is 0. The van der Waals surface area contributed by atoms with Gasteiger partial charge in [0.2, 0.25) is 0 Å². The first-order valence-electron chi connectivity index (χ1n) is 14.7. The number of aromatic nitrogens is 1. The molecule has 5 aromatic carbocycles. The number of nitrogens with zero attached hydrogens (tertiary/aromatic N) is 2. The molecule has 0 fully saturated rings. The number of rotatable bonds is 5. The van der Waals surface area contributed by atoms with Gasteiger partial charge in [-0.05, 0) is 70.2 Å². The molecule has 0 saturated heterocycles. The van der Waals surface area contributed by atoms with Gasteiger partial charge in [-0.15, -0.1) is 0 Å². The number of hydrogen-bond acceptors (Lipinski definition) is 4. The molecule has 0 amide bonds. The van der Waals surface area contributed by atoms with Gasteiger partial charge in [0.1, 0.15) is 18.2 Å². The molecule has 1 atom stereocenters. The normalized spacial score (nSPS) is 15.8. The van der Waals surface area contributed by atoms with Crippen molar-refractivity contribution in [2.45, 2.75) is 25.5 Å². The molecule has 6 aromatic rings. The van der Waals surface area contributed by atoms with E-state index in [4.69, 9.17) is 9.73 Å². The molecule has 0 saturated carbocycles. The van der Waals surface area contributed by atoms with E-state index in [9.17, 15) is 9.18 Å². The van der Waals surface area contributed by atoms with Crippen molar-refractivity contribution in [3.05, 3.63) is 174 Å². The smallest absolute Gasteiger partial charge is 0.271 e. The molecular weight excluding hydrogens is 567 g/mol. The zero-order chi connectivity index (χ0) is 29.6. The van der Waals surface area contributed by atoms with Crippen LogP contribution in [0.25, 0.3) is 22.5 Å². The third-order valence-corrected chi connectivity index (χ3v) is 9.51. The lowest BCUT2D eigenvalue weighted by molar-refractivity contribution is 0.307. The van der Waals surface area contributed by atoms with Crippen molar-refractivity contribution in [1.29, 1.82) is 0 Å². The maximum Gasteiger partial charge on any atom is 0.271 e. The second kappa shape index (κ2) is 10.9. The molecule has 6 heteroatoms. The fourth-order valence-corrected chi connectivity index (χ4v) is 7.41. The molecular formula is C38H27FN2O2S. The van der Waals surface area contributed by atoms with E-state index in [2.05, 4.69) is 42.5 Å². The van der Waals surface area contributed by atoms with Crippen LogP contribution in [-0.4, -0.2) is 4.57 Å². The van der Waals surface area contributed by atoms with Crippen molar-refractivity contribution >= 4 is 33.9 Å². The molecule has 0 radical (unpaired) electrons. The van der Waals surface area contributed by atoms with E-state index in [0.717, 1.165) is 51.8 Å². The van der Waals surface area contributed by atoms with Gasteiger partial charge >= 0.3 is 0 Å². The fraction of sp³-hybridized carbons (Fsp3) is 0.105. The van der Waals surface area contributed by atoms with Gasteiger partial charge in [-0.2, -0.15) is 0 Å². The van der Waals surface area contributed by atoms with Crippen LogP contribution in [0, 0.1) is 5.82 Å². The van der Waals surface area contributed by atoms with Gasteiger partial charge in [-0.3, -0.25) is 9.36 Å². The molecule has 4 nitrogen and oxygen atoms in total. The predicted octanol–water partition coefficient (Wildman–Crippen LogP) is 7.19. The number of allylic oxidation sites excluding steroid dienone is 1. The van der Waals surface area contributed by atoms with Crippen molar-refractivity contribution < 1.29 is 9.13 Å². The summed E-state index contributed by atoms with van der Waals surface area (Å²) in [6.45, 7) is 0.407. The number of aryl methyl sites for hydroxylation is 1. The second-order valence-electron chi connectivity index (χ2n) is 11.1. The van der Waals surface area contributed by atoms with E-state index in [1.807, 2.05) is 54.6 Å². The highest BCUT2D eigenvalue weighted by Gasteiger charge is 2.32. The first-order chi connectivity index (χ1) is 21.6. The lowest BCUT2D eigenvalue weighted by atomic mass is 9.83. The molecule has 44 heavy (non-hydrogen) atoms. The largest absolute Gasteiger partial charge is 0.488 e. The Morgan fingerprint density at radius 1 is 0.864 bits per heavy atom. The zero-order valence-corrected chi connectivity index (χ0v) is 24.6.